The van der Waals surface area contributed by atoms with Crippen molar-refractivity contribution in [3.8, 4) is 46.7 Å². The number of rotatable bonds is 8. The molecule has 2 aromatic heterocycles. The molecule has 0 aliphatic carbocycles. The van der Waals surface area contributed by atoms with E-state index in [4.69, 9.17) is 18.9 Å². The Morgan fingerprint density at radius 2 is 1.07 bits per heavy atom. The standard InChI is InChI=1S/C38H40N4O4/c1-28-36(44-3)24-30(25-37(28)45-4)8-11-34-22-32(14-16-40-34)27-42-18-6-17-41(19-20-42)26-31-13-15-39-33(21-31)10-7-29-9-12-35(43-2)38(23-29)46-5/h9,12-16,21-25H,6,17-20,26-27H2,1-5H3. The molecule has 1 aliphatic heterocycles. The van der Waals surface area contributed by atoms with Gasteiger partial charge in [0.2, 0.25) is 0 Å². The van der Waals surface area contributed by atoms with Gasteiger partial charge < -0.3 is 18.9 Å². The first-order valence-corrected chi connectivity index (χ1v) is 15.3. The summed E-state index contributed by atoms with van der Waals surface area (Å²) in [7, 11) is 6.55. The summed E-state index contributed by atoms with van der Waals surface area (Å²) >= 11 is 0. The highest BCUT2D eigenvalue weighted by Gasteiger charge is 2.16. The number of pyridine rings is 2. The van der Waals surface area contributed by atoms with Gasteiger partial charge in [0.25, 0.3) is 0 Å². The number of methoxy groups -OCH3 is 4. The Morgan fingerprint density at radius 1 is 0.565 bits per heavy atom. The monoisotopic (exact) mass is 616 g/mol. The molecule has 46 heavy (non-hydrogen) atoms. The molecule has 236 valence electrons. The van der Waals surface area contributed by atoms with Gasteiger partial charge in [0.05, 0.1) is 28.4 Å². The van der Waals surface area contributed by atoms with E-state index in [2.05, 4.69) is 67.7 Å². The van der Waals surface area contributed by atoms with Crippen LogP contribution in [-0.4, -0.2) is 74.4 Å². The van der Waals surface area contributed by atoms with Crippen LogP contribution in [0.1, 0.15) is 45.6 Å². The van der Waals surface area contributed by atoms with Crippen molar-refractivity contribution in [2.45, 2.75) is 26.4 Å². The van der Waals surface area contributed by atoms with E-state index < -0.39 is 0 Å². The fraction of sp³-hybridized carbons (Fsp3) is 0.316. The van der Waals surface area contributed by atoms with Crippen molar-refractivity contribution in [1.29, 1.82) is 0 Å². The van der Waals surface area contributed by atoms with Gasteiger partial charge in [-0.25, -0.2) is 9.97 Å². The fourth-order valence-corrected chi connectivity index (χ4v) is 5.48. The fourth-order valence-electron chi connectivity index (χ4n) is 5.48. The molecule has 3 heterocycles. The topological polar surface area (TPSA) is 69.2 Å². The lowest BCUT2D eigenvalue weighted by Crippen LogP contribution is -2.30. The highest BCUT2D eigenvalue weighted by atomic mass is 16.5. The van der Waals surface area contributed by atoms with Crippen molar-refractivity contribution in [3.05, 3.63) is 106 Å². The molecule has 2 aromatic carbocycles. The predicted molar refractivity (Wildman–Crippen MR) is 179 cm³/mol. The van der Waals surface area contributed by atoms with Gasteiger partial charge in [0.1, 0.15) is 22.9 Å². The molecule has 0 amide bonds. The molecule has 0 N–H and O–H groups in total. The van der Waals surface area contributed by atoms with Crippen LogP contribution in [0.2, 0.25) is 0 Å². The first-order chi connectivity index (χ1) is 22.5. The average molecular weight is 617 g/mol. The third-order valence-electron chi connectivity index (χ3n) is 7.95. The maximum atomic E-state index is 5.49. The van der Waals surface area contributed by atoms with Crippen molar-refractivity contribution in [1.82, 2.24) is 19.8 Å². The summed E-state index contributed by atoms with van der Waals surface area (Å²) in [5, 5.41) is 0. The summed E-state index contributed by atoms with van der Waals surface area (Å²) < 4.78 is 21.7. The molecule has 4 aromatic rings. The van der Waals surface area contributed by atoms with E-state index in [1.807, 2.05) is 49.6 Å². The van der Waals surface area contributed by atoms with Gasteiger partial charge in [-0.1, -0.05) is 11.8 Å². The van der Waals surface area contributed by atoms with Crippen LogP contribution in [0.3, 0.4) is 0 Å². The minimum Gasteiger partial charge on any atom is -0.496 e. The first kappa shape index (κ1) is 32.4. The van der Waals surface area contributed by atoms with Crippen molar-refractivity contribution >= 4 is 0 Å². The third kappa shape index (κ3) is 8.57. The van der Waals surface area contributed by atoms with Crippen molar-refractivity contribution < 1.29 is 18.9 Å². The van der Waals surface area contributed by atoms with E-state index in [0.29, 0.717) is 11.5 Å². The molecule has 0 bridgehead atoms. The van der Waals surface area contributed by atoms with E-state index in [1.165, 1.54) is 11.1 Å². The van der Waals surface area contributed by atoms with Gasteiger partial charge in [-0.3, -0.25) is 9.80 Å². The van der Waals surface area contributed by atoms with Crippen LogP contribution in [0.15, 0.2) is 67.0 Å². The lowest BCUT2D eigenvalue weighted by atomic mass is 10.1. The molecule has 0 atom stereocenters. The van der Waals surface area contributed by atoms with Crippen molar-refractivity contribution in [2.75, 3.05) is 54.6 Å². The number of aromatic nitrogens is 2. The van der Waals surface area contributed by atoms with Crippen molar-refractivity contribution in [3.63, 3.8) is 0 Å². The lowest BCUT2D eigenvalue weighted by Gasteiger charge is -2.22. The van der Waals surface area contributed by atoms with Gasteiger partial charge in [-0.2, -0.15) is 0 Å². The highest BCUT2D eigenvalue weighted by Crippen LogP contribution is 2.29. The highest BCUT2D eigenvalue weighted by molar-refractivity contribution is 5.53. The lowest BCUT2D eigenvalue weighted by molar-refractivity contribution is 0.247. The van der Waals surface area contributed by atoms with Gasteiger partial charge in [0, 0.05) is 55.3 Å². The second kappa shape index (κ2) is 15.8. The Labute approximate surface area is 272 Å². The second-order valence-corrected chi connectivity index (χ2v) is 11.1. The van der Waals surface area contributed by atoms with Crippen LogP contribution in [-0.2, 0) is 13.1 Å². The molecule has 0 unspecified atom stereocenters. The van der Waals surface area contributed by atoms with E-state index in [9.17, 15) is 0 Å². The Bertz CT molecular complexity index is 1760. The van der Waals surface area contributed by atoms with E-state index in [-0.39, 0.29) is 0 Å². The largest absolute Gasteiger partial charge is 0.496 e. The third-order valence-corrected chi connectivity index (χ3v) is 7.95. The summed E-state index contributed by atoms with van der Waals surface area (Å²) in [6.45, 7) is 7.76. The second-order valence-electron chi connectivity index (χ2n) is 11.1. The SMILES string of the molecule is COc1ccc(C#Cc2cc(CN3CCCN(Cc4ccnc(C#Cc5cc(OC)c(C)c(OC)c5)c4)CC3)ccn2)cc1OC. The van der Waals surface area contributed by atoms with Gasteiger partial charge in [-0.15, -0.1) is 0 Å². The smallest absolute Gasteiger partial charge is 0.161 e. The predicted octanol–water partition coefficient (Wildman–Crippen LogP) is 5.33. The number of ether oxygens (including phenoxy) is 4. The summed E-state index contributed by atoms with van der Waals surface area (Å²) in [5.74, 6) is 15.7. The van der Waals surface area contributed by atoms with Crippen LogP contribution in [0.25, 0.3) is 0 Å². The molecule has 8 nitrogen and oxygen atoms in total. The van der Waals surface area contributed by atoms with E-state index in [1.54, 1.807) is 28.4 Å². The Balaban J connectivity index is 1.18. The molecule has 0 radical (unpaired) electrons. The van der Waals surface area contributed by atoms with E-state index in [0.717, 1.165) is 85.3 Å². The summed E-state index contributed by atoms with van der Waals surface area (Å²) in [4.78, 5) is 14.0. The van der Waals surface area contributed by atoms with Gasteiger partial charge in [-0.05, 0) is 104 Å². The Kier molecular flexibility index (Phi) is 11.1. The summed E-state index contributed by atoms with van der Waals surface area (Å²) in [6, 6.07) is 17.8. The minimum atomic E-state index is 0.658. The summed E-state index contributed by atoms with van der Waals surface area (Å²) in [6.07, 6.45) is 4.79. The minimum absolute atomic E-state index is 0.658. The van der Waals surface area contributed by atoms with Crippen LogP contribution < -0.4 is 18.9 Å². The molecule has 5 rings (SSSR count). The zero-order valence-corrected chi connectivity index (χ0v) is 27.2. The maximum absolute atomic E-state index is 5.49. The zero-order valence-electron chi connectivity index (χ0n) is 27.2. The molecule has 0 spiro atoms. The van der Waals surface area contributed by atoms with Gasteiger partial charge >= 0.3 is 0 Å². The molecular formula is C38H40N4O4. The van der Waals surface area contributed by atoms with Crippen LogP contribution in [0.5, 0.6) is 23.0 Å². The Hall–Kier alpha value is -5.02. The Morgan fingerprint density at radius 3 is 1.59 bits per heavy atom. The normalized spacial score (nSPS) is 13.4. The molecule has 1 aliphatic rings. The van der Waals surface area contributed by atoms with Crippen LogP contribution >= 0.6 is 0 Å². The molecule has 8 heteroatoms. The maximum Gasteiger partial charge on any atom is 0.161 e. The zero-order chi connectivity index (χ0) is 32.3. The number of hydrogen-bond donors (Lipinski definition) is 0. The quantitative estimate of drug-likeness (QED) is 0.246. The van der Waals surface area contributed by atoms with Crippen LogP contribution in [0.4, 0.5) is 0 Å². The molecule has 1 saturated heterocycles. The van der Waals surface area contributed by atoms with Crippen molar-refractivity contribution in [2.24, 2.45) is 0 Å². The number of hydrogen-bond acceptors (Lipinski definition) is 8. The van der Waals surface area contributed by atoms with E-state index >= 15 is 0 Å². The summed E-state index contributed by atoms with van der Waals surface area (Å²) in [5.41, 5.74) is 6.54. The average Bonchev–Trinajstić information content (AvgIpc) is 3.31. The molecule has 0 saturated carbocycles. The van der Waals surface area contributed by atoms with Crippen LogP contribution in [0, 0.1) is 30.6 Å². The molecule has 1 fully saturated rings. The number of nitrogens with zero attached hydrogens (tertiary/aromatic N) is 4. The van der Waals surface area contributed by atoms with Gasteiger partial charge in [0.15, 0.2) is 11.5 Å². The number of benzene rings is 2. The molecular weight excluding hydrogens is 576 g/mol. The first-order valence-electron chi connectivity index (χ1n) is 15.3.